The molecular formula is C68H115N2O7P. The first-order chi connectivity index (χ1) is 37.9. The SMILES string of the molecule is CC/C=C\C/C=C\C/C=C\C/C=C\C/C=C\C/C=C\CCC(=O)NC(COP(=O)([O-])OCC[N+](C)(C)C)C(/C=C/CCCCCCCCCCCC)OC(=O)CCCCCCC/C=C\C/C=C\C/C=C\C/C=C\CCCCC. The van der Waals surface area contributed by atoms with E-state index in [0.717, 1.165) is 109 Å². The zero-order valence-corrected chi connectivity index (χ0v) is 51.5. The van der Waals surface area contributed by atoms with Crippen LogP contribution in [0.4, 0.5) is 0 Å². The van der Waals surface area contributed by atoms with Crippen molar-refractivity contribution in [3.8, 4) is 0 Å². The first-order valence-corrected chi connectivity index (χ1v) is 32.5. The van der Waals surface area contributed by atoms with Crippen molar-refractivity contribution in [2.75, 3.05) is 40.9 Å². The Kier molecular flexibility index (Phi) is 53.6. The molecule has 0 radical (unpaired) electrons. The van der Waals surface area contributed by atoms with Gasteiger partial charge in [-0.3, -0.25) is 14.2 Å². The Labute approximate surface area is 479 Å². The second kappa shape index (κ2) is 56.4. The number of phosphoric ester groups is 1. The van der Waals surface area contributed by atoms with Gasteiger partial charge in [-0.2, -0.15) is 0 Å². The van der Waals surface area contributed by atoms with Crippen LogP contribution in [0.15, 0.2) is 134 Å². The number of phosphoric acid groups is 1. The molecule has 0 heterocycles. The largest absolute Gasteiger partial charge is 0.756 e. The van der Waals surface area contributed by atoms with Gasteiger partial charge in [0, 0.05) is 12.8 Å². The van der Waals surface area contributed by atoms with E-state index in [0.29, 0.717) is 23.9 Å². The van der Waals surface area contributed by atoms with Crippen LogP contribution in [0.3, 0.4) is 0 Å². The predicted molar refractivity (Wildman–Crippen MR) is 334 cm³/mol. The number of carbonyl (C=O) groups excluding carboxylic acids is 2. The fraction of sp³-hybridized carbons (Fsp3) is 0.647. The number of allylic oxidation sites excluding steroid dienone is 21. The molecule has 0 aromatic carbocycles. The third-order valence-electron chi connectivity index (χ3n) is 12.8. The number of nitrogens with zero attached hydrogens (tertiary/aromatic N) is 1. The molecule has 78 heavy (non-hydrogen) atoms. The molecular weight excluding hydrogens is 988 g/mol. The number of hydrogen-bond acceptors (Lipinski definition) is 7. The number of rotatable bonds is 54. The Morgan fingerprint density at radius 2 is 0.833 bits per heavy atom. The highest BCUT2D eigenvalue weighted by Gasteiger charge is 2.27. The second-order valence-corrected chi connectivity index (χ2v) is 22.9. The monoisotopic (exact) mass is 1100 g/mol. The van der Waals surface area contributed by atoms with Gasteiger partial charge in [-0.15, -0.1) is 0 Å². The highest BCUT2D eigenvalue weighted by molar-refractivity contribution is 7.45. The molecule has 1 amide bonds. The maximum atomic E-state index is 13.5. The third-order valence-corrected chi connectivity index (χ3v) is 13.8. The van der Waals surface area contributed by atoms with E-state index >= 15 is 0 Å². The van der Waals surface area contributed by atoms with Crippen molar-refractivity contribution in [3.05, 3.63) is 134 Å². The van der Waals surface area contributed by atoms with Crippen LogP contribution in [0.5, 0.6) is 0 Å². The van der Waals surface area contributed by atoms with Gasteiger partial charge >= 0.3 is 5.97 Å². The smallest absolute Gasteiger partial charge is 0.306 e. The minimum atomic E-state index is -4.73. The second-order valence-electron chi connectivity index (χ2n) is 21.5. The average molecular weight is 1100 g/mol. The predicted octanol–water partition coefficient (Wildman–Crippen LogP) is 18.6. The van der Waals surface area contributed by atoms with Gasteiger partial charge in [-0.05, 0) is 115 Å². The molecule has 3 atom stereocenters. The Balaban J connectivity index is 5.43. The molecule has 0 aromatic rings. The van der Waals surface area contributed by atoms with Crippen molar-refractivity contribution in [3.63, 3.8) is 0 Å². The fourth-order valence-corrected chi connectivity index (χ4v) is 8.78. The molecule has 3 unspecified atom stereocenters. The number of unbranched alkanes of at least 4 members (excludes halogenated alkanes) is 18. The van der Waals surface area contributed by atoms with Crippen LogP contribution < -0.4 is 10.2 Å². The number of ether oxygens (including phenoxy) is 1. The van der Waals surface area contributed by atoms with Crippen LogP contribution in [-0.4, -0.2) is 69.4 Å². The summed E-state index contributed by atoms with van der Waals surface area (Å²) in [5.41, 5.74) is 0. The molecule has 0 saturated heterocycles. The molecule has 0 aromatic heterocycles. The van der Waals surface area contributed by atoms with Crippen molar-refractivity contribution in [2.45, 2.75) is 245 Å². The first kappa shape index (κ1) is 74.2. The minimum Gasteiger partial charge on any atom is -0.756 e. The molecule has 0 saturated carbocycles. The van der Waals surface area contributed by atoms with E-state index < -0.39 is 26.6 Å². The summed E-state index contributed by atoms with van der Waals surface area (Å²) >= 11 is 0. The van der Waals surface area contributed by atoms with Crippen molar-refractivity contribution >= 4 is 19.7 Å². The van der Waals surface area contributed by atoms with Crippen LogP contribution in [0, 0.1) is 0 Å². The Morgan fingerprint density at radius 1 is 0.462 bits per heavy atom. The average Bonchev–Trinajstić information content (AvgIpc) is 3.40. The van der Waals surface area contributed by atoms with Crippen molar-refractivity contribution in [1.29, 1.82) is 0 Å². The van der Waals surface area contributed by atoms with Crippen LogP contribution in [0.1, 0.15) is 233 Å². The van der Waals surface area contributed by atoms with Crippen LogP contribution in [-0.2, 0) is 27.9 Å². The van der Waals surface area contributed by atoms with Gasteiger partial charge in [-0.1, -0.05) is 238 Å². The maximum absolute atomic E-state index is 13.5. The summed E-state index contributed by atoms with van der Waals surface area (Å²) in [4.78, 5) is 40.0. The summed E-state index contributed by atoms with van der Waals surface area (Å²) in [6.07, 6.45) is 80.1. The first-order valence-electron chi connectivity index (χ1n) is 31.0. The van der Waals surface area contributed by atoms with E-state index in [2.05, 4.69) is 135 Å². The van der Waals surface area contributed by atoms with Gasteiger partial charge in [-0.25, -0.2) is 0 Å². The summed E-state index contributed by atoms with van der Waals surface area (Å²) in [5, 5.41) is 2.97. The zero-order chi connectivity index (χ0) is 57.2. The van der Waals surface area contributed by atoms with Crippen molar-refractivity contribution < 1.29 is 37.3 Å². The summed E-state index contributed by atoms with van der Waals surface area (Å²) in [6.45, 7) is 6.61. The lowest BCUT2D eigenvalue weighted by Gasteiger charge is -2.30. The molecule has 0 spiro atoms. The van der Waals surface area contributed by atoms with E-state index in [1.165, 1.54) is 77.0 Å². The summed E-state index contributed by atoms with van der Waals surface area (Å²) < 4.78 is 30.2. The zero-order valence-electron chi connectivity index (χ0n) is 50.6. The Morgan fingerprint density at radius 3 is 1.28 bits per heavy atom. The van der Waals surface area contributed by atoms with E-state index in [1.807, 2.05) is 39.4 Å². The molecule has 0 bridgehead atoms. The number of hydrogen-bond donors (Lipinski definition) is 1. The lowest BCUT2D eigenvalue weighted by atomic mass is 10.1. The molecule has 9 nitrogen and oxygen atoms in total. The molecule has 1 N–H and O–H groups in total. The number of likely N-dealkylation sites (N-methyl/N-ethyl adjacent to an activating group) is 1. The Hall–Kier alpha value is -3.85. The van der Waals surface area contributed by atoms with Crippen LogP contribution >= 0.6 is 7.82 Å². The molecule has 0 fully saturated rings. The highest BCUT2D eigenvalue weighted by atomic mass is 31.2. The van der Waals surface area contributed by atoms with Crippen molar-refractivity contribution in [2.24, 2.45) is 0 Å². The standard InChI is InChI=1S/C68H115N2O7P/c1-7-10-13-16-19-22-25-28-30-32-34-35-37-39-41-43-46-49-52-55-58-61-68(72)77-66(59-56-53-50-47-44-27-24-21-18-15-12-9-3)65(64-76-78(73,74)75-63-62-70(4,5)6)69-67(71)60-57-54-51-48-45-42-40-38-36-33-31-29-26-23-20-17-14-11-8-2/h11,14,19-20,22-23,28-31,34-36,38-39,41-42,45,51,54,56,59,65-66H,7-10,12-13,15-18,21,24-27,32-33,37,40,43-44,46-50,52-53,55,57-58,60-64H2,1-6H3,(H-,69,71,73,74)/b14-11-,22-19-,23-20-,30-28-,31-29-,35-34-,38-36-,41-39-,45-42-,54-51-,59-56+. The molecule has 0 aliphatic carbocycles. The van der Waals surface area contributed by atoms with Gasteiger partial charge < -0.3 is 28.5 Å². The fourth-order valence-electron chi connectivity index (χ4n) is 8.06. The molecule has 10 heteroatoms. The van der Waals surface area contributed by atoms with E-state index in [4.69, 9.17) is 13.8 Å². The third kappa shape index (κ3) is 56.9. The summed E-state index contributed by atoms with van der Waals surface area (Å²) in [7, 11) is 1.11. The van der Waals surface area contributed by atoms with Gasteiger partial charge in [0.2, 0.25) is 5.91 Å². The Bertz CT molecular complexity index is 1800. The van der Waals surface area contributed by atoms with E-state index in [9.17, 15) is 19.0 Å². The molecule has 0 rings (SSSR count). The number of amides is 1. The highest BCUT2D eigenvalue weighted by Crippen LogP contribution is 2.38. The van der Waals surface area contributed by atoms with Crippen LogP contribution in [0.25, 0.3) is 0 Å². The van der Waals surface area contributed by atoms with E-state index in [1.54, 1.807) is 6.08 Å². The van der Waals surface area contributed by atoms with Gasteiger partial charge in [0.05, 0.1) is 33.8 Å². The van der Waals surface area contributed by atoms with Gasteiger partial charge in [0.15, 0.2) is 0 Å². The lowest BCUT2D eigenvalue weighted by Crippen LogP contribution is -2.47. The van der Waals surface area contributed by atoms with Gasteiger partial charge in [0.25, 0.3) is 7.82 Å². The quantitative estimate of drug-likeness (QED) is 0.0212. The lowest BCUT2D eigenvalue weighted by molar-refractivity contribution is -0.870. The van der Waals surface area contributed by atoms with E-state index in [-0.39, 0.29) is 31.3 Å². The normalized spacial score (nSPS) is 14.6. The molecule has 0 aliphatic heterocycles. The number of nitrogens with one attached hydrogen (secondary N) is 1. The number of quaternary nitrogens is 1. The summed E-state index contributed by atoms with van der Waals surface area (Å²) in [5.74, 6) is -0.670. The van der Waals surface area contributed by atoms with Crippen molar-refractivity contribution in [1.82, 2.24) is 5.32 Å². The number of esters is 1. The topological polar surface area (TPSA) is 114 Å². The summed E-state index contributed by atoms with van der Waals surface area (Å²) in [6, 6.07) is -0.947. The number of carbonyl (C=O) groups is 2. The van der Waals surface area contributed by atoms with Crippen LogP contribution in [0.2, 0.25) is 0 Å². The molecule has 0 aliphatic rings. The van der Waals surface area contributed by atoms with Gasteiger partial charge in [0.1, 0.15) is 19.3 Å². The molecule has 444 valence electrons. The maximum Gasteiger partial charge on any atom is 0.306 e. The minimum absolute atomic E-state index is 0.0467.